The molecule has 8 heteroatoms. The van der Waals surface area contributed by atoms with Crippen LogP contribution in [0.15, 0.2) is 36.4 Å². The van der Waals surface area contributed by atoms with Crippen LogP contribution >= 0.6 is 34.8 Å². The van der Waals surface area contributed by atoms with Crippen molar-refractivity contribution in [1.29, 1.82) is 0 Å². The summed E-state index contributed by atoms with van der Waals surface area (Å²) in [5.74, 6) is -0.797. The Labute approximate surface area is 184 Å². The molecule has 1 heterocycles. The summed E-state index contributed by atoms with van der Waals surface area (Å²) >= 11 is 18.4. The average Bonchev–Trinajstić information content (AvgIpc) is 2.71. The third-order valence-electron chi connectivity index (χ3n) is 4.93. The van der Waals surface area contributed by atoms with Gasteiger partial charge in [-0.15, -0.1) is 0 Å². The second kappa shape index (κ2) is 9.81. The first-order valence-electron chi connectivity index (χ1n) is 9.22. The van der Waals surface area contributed by atoms with Gasteiger partial charge in [0, 0.05) is 23.1 Å². The van der Waals surface area contributed by atoms with Crippen molar-refractivity contribution in [3.05, 3.63) is 62.6 Å². The van der Waals surface area contributed by atoms with Crippen LogP contribution in [-0.2, 0) is 16.1 Å². The Hall–Kier alpha value is -1.79. The molecule has 0 aliphatic carbocycles. The van der Waals surface area contributed by atoms with Crippen molar-refractivity contribution in [1.82, 2.24) is 4.90 Å². The first kappa shape index (κ1) is 21.9. The van der Waals surface area contributed by atoms with Crippen LogP contribution in [0.1, 0.15) is 28.8 Å². The maximum atomic E-state index is 12.8. The smallest absolute Gasteiger partial charge is 0.337 e. The number of amides is 1. The zero-order valence-electron chi connectivity index (χ0n) is 15.9. The number of methoxy groups -OCH3 is 1. The predicted molar refractivity (Wildman–Crippen MR) is 116 cm³/mol. The van der Waals surface area contributed by atoms with Crippen LogP contribution in [0.5, 0.6) is 0 Å². The van der Waals surface area contributed by atoms with Crippen molar-refractivity contribution >= 4 is 52.4 Å². The Morgan fingerprint density at radius 2 is 1.93 bits per heavy atom. The number of carbonyl (C=O) groups is 2. The van der Waals surface area contributed by atoms with E-state index in [0.717, 1.165) is 24.9 Å². The number of nitrogens with one attached hydrogen (secondary N) is 1. The SMILES string of the molecule is COC(=O)c1ccc(Cl)c(NC(=O)C2CCCN(Cc3ccc(Cl)cc3Cl)C2)c1. The summed E-state index contributed by atoms with van der Waals surface area (Å²) in [5, 5.41) is 4.44. The van der Waals surface area contributed by atoms with Gasteiger partial charge in [0.1, 0.15) is 0 Å². The monoisotopic (exact) mass is 454 g/mol. The van der Waals surface area contributed by atoms with E-state index >= 15 is 0 Å². The Kier molecular flexibility index (Phi) is 7.41. The normalized spacial score (nSPS) is 17.0. The van der Waals surface area contributed by atoms with Crippen molar-refractivity contribution in [2.45, 2.75) is 19.4 Å². The maximum Gasteiger partial charge on any atom is 0.337 e. The number of hydrogen-bond acceptors (Lipinski definition) is 4. The van der Waals surface area contributed by atoms with Crippen LogP contribution in [-0.4, -0.2) is 37.0 Å². The van der Waals surface area contributed by atoms with Gasteiger partial charge in [-0.1, -0.05) is 40.9 Å². The molecule has 1 N–H and O–H groups in total. The number of carbonyl (C=O) groups excluding carboxylic acids is 2. The number of piperidine rings is 1. The molecule has 1 amide bonds. The highest BCUT2D eigenvalue weighted by Gasteiger charge is 2.27. The Morgan fingerprint density at radius 1 is 1.14 bits per heavy atom. The highest BCUT2D eigenvalue weighted by Crippen LogP contribution is 2.27. The molecule has 29 heavy (non-hydrogen) atoms. The van der Waals surface area contributed by atoms with Gasteiger partial charge in [0.2, 0.25) is 5.91 Å². The molecule has 5 nitrogen and oxygen atoms in total. The Bertz CT molecular complexity index is 920. The summed E-state index contributed by atoms with van der Waals surface area (Å²) in [7, 11) is 1.30. The molecule has 154 valence electrons. The van der Waals surface area contributed by atoms with Gasteiger partial charge in [0.15, 0.2) is 0 Å². The molecule has 1 fully saturated rings. The lowest BCUT2D eigenvalue weighted by Crippen LogP contribution is -2.40. The van der Waals surface area contributed by atoms with Crippen LogP contribution in [0.25, 0.3) is 0 Å². The van der Waals surface area contributed by atoms with Crippen molar-refractivity contribution in [3.8, 4) is 0 Å². The average molecular weight is 456 g/mol. The molecule has 1 unspecified atom stereocenters. The van der Waals surface area contributed by atoms with E-state index in [0.29, 0.717) is 39.4 Å². The number of esters is 1. The number of halogens is 3. The van der Waals surface area contributed by atoms with Gasteiger partial charge in [-0.3, -0.25) is 9.69 Å². The second-order valence-corrected chi connectivity index (χ2v) is 8.24. The predicted octanol–water partition coefficient (Wildman–Crippen LogP) is 5.28. The fourth-order valence-electron chi connectivity index (χ4n) is 3.40. The molecule has 1 atom stereocenters. The fraction of sp³-hybridized carbons (Fsp3) is 0.333. The van der Waals surface area contributed by atoms with Crippen molar-refractivity contribution in [3.63, 3.8) is 0 Å². The van der Waals surface area contributed by atoms with E-state index < -0.39 is 5.97 Å². The van der Waals surface area contributed by atoms with E-state index in [-0.39, 0.29) is 11.8 Å². The number of ether oxygens (including phenoxy) is 1. The molecule has 2 aromatic carbocycles. The van der Waals surface area contributed by atoms with Gasteiger partial charge >= 0.3 is 5.97 Å². The number of benzene rings is 2. The lowest BCUT2D eigenvalue weighted by atomic mass is 9.96. The van der Waals surface area contributed by atoms with Gasteiger partial charge in [0.25, 0.3) is 0 Å². The molecule has 0 saturated carbocycles. The zero-order chi connectivity index (χ0) is 21.0. The summed E-state index contributed by atoms with van der Waals surface area (Å²) in [4.78, 5) is 26.8. The van der Waals surface area contributed by atoms with Gasteiger partial charge in [-0.2, -0.15) is 0 Å². The van der Waals surface area contributed by atoms with E-state index in [1.807, 2.05) is 12.1 Å². The molecule has 1 aliphatic rings. The van der Waals surface area contributed by atoms with Crippen molar-refractivity contribution in [2.24, 2.45) is 5.92 Å². The molecular weight excluding hydrogens is 435 g/mol. The molecule has 0 aromatic heterocycles. The lowest BCUT2D eigenvalue weighted by molar-refractivity contribution is -0.121. The number of anilines is 1. The minimum atomic E-state index is -0.485. The molecule has 1 saturated heterocycles. The first-order valence-corrected chi connectivity index (χ1v) is 10.4. The highest BCUT2D eigenvalue weighted by molar-refractivity contribution is 6.35. The van der Waals surface area contributed by atoms with Crippen LogP contribution < -0.4 is 5.32 Å². The molecular formula is C21H21Cl3N2O3. The molecule has 1 aliphatic heterocycles. The lowest BCUT2D eigenvalue weighted by Gasteiger charge is -2.32. The summed E-state index contributed by atoms with van der Waals surface area (Å²) in [5.41, 5.74) is 1.71. The number of rotatable bonds is 5. The summed E-state index contributed by atoms with van der Waals surface area (Å²) in [6.07, 6.45) is 1.68. The Morgan fingerprint density at radius 3 is 2.66 bits per heavy atom. The summed E-state index contributed by atoms with van der Waals surface area (Å²) < 4.78 is 4.72. The minimum Gasteiger partial charge on any atom is -0.465 e. The third-order valence-corrected chi connectivity index (χ3v) is 5.85. The number of likely N-dealkylation sites (tertiary alicyclic amines) is 1. The quantitative estimate of drug-likeness (QED) is 0.623. The van der Waals surface area contributed by atoms with Gasteiger partial charge in [0.05, 0.1) is 29.3 Å². The molecule has 0 radical (unpaired) electrons. The van der Waals surface area contributed by atoms with Crippen LogP contribution in [0, 0.1) is 5.92 Å². The van der Waals surface area contributed by atoms with Crippen molar-refractivity contribution < 1.29 is 14.3 Å². The third kappa shape index (κ3) is 5.64. The van der Waals surface area contributed by atoms with E-state index in [1.54, 1.807) is 18.2 Å². The highest BCUT2D eigenvalue weighted by atomic mass is 35.5. The van der Waals surface area contributed by atoms with Gasteiger partial charge < -0.3 is 10.1 Å². The van der Waals surface area contributed by atoms with Crippen LogP contribution in [0.4, 0.5) is 5.69 Å². The largest absolute Gasteiger partial charge is 0.465 e. The van der Waals surface area contributed by atoms with Crippen molar-refractivity contribution in [2.75, 3.05) is 25.5 Å². The van der Waals surface area contributed by atoms with Crippen LogP contribution in [0.3, 0.4) is 0 Å². The molecule has 2 aromatic rings. The van der Waals surface area contributed by atoms with E-state index in [1.165, 1.54) is 13.2 Å². The second-order valence-electron chi connectivity index (χ2n) is 6.99. The van der Waals surface area contributed by atoms with Gasteiger partial charge in [-0.05, 0) is 55.3 Å². The summed E-state index contributed by atoms with van der Waals surface area (Å²) in [6, 6.07) is 10.1. The fourth-order valence-corrected chi connectivity index (χ4v) is 4.04. The molecule has 3 rings (SSSR count). The standard InChI is InChI=1S/C21H21Cl3N2O3/c1-29-21(28)13-5-7-17(23)19(9-13)25-20(27)15-3-2-8-26(12-15)11-14-4-6-16(22)10-18(14)24/h4-7,9-10,15H,2-3,8,11-12H2,1H3,(H,25,27). The number of nitrogens with zero attached hydrogens (tertiary/aromatic N) is 1. The maximum absolute atomic E-state index is 12.8. The number of hydrogen-bond donors (Lipinski definition) is 1. The zero-order valence-corrected chi connectivity index (χ0v) is 18.2. The Balaban J connectivity index is 1.66. The first-order chi connectivity index (χ1) is 13.9. The topological polar surface area (TPSA) is 58.6 Å². The van der Waals surface area contributed by atoms with Gasteiger partial charge in [-0.25, -0.2) is 4.79 Å². The minimum absolute atomic E-state index is 0.124. The van der Waals surface area contributed by atoms with E-state index in [4.69, 9.17) is 39.5 Å². The summed E-state index contributed by atoms with van der Waals surface area (Å²) in [6.45, 7) is 2.15. The molecule has 0 spiro atoms. The molecule has 0 bridgehead atoms. The van der Waals surface area contributed by atoms with Crippen LogP contribution in [0.2, 0.25) is 15.1 Å². The van der Waals surface area contributed by atoms with E-state index in [2.05, 4.69) is 10.2 Å². The van der Waals surface area contributed by atoms with E-state index in [9.17, 15) is 9.59 Å².